The third-order valence-corrected chi connectivity index (χ3v) is 5.82. The molecule has 3 aromatic rings. The number of anilines is 1. The summed E-state index contributed by atoms with van der Waals surface area (Å²) >= 11 is 0. The Labute approximate surface area is 175 Å². The molecule has 8 nitrogen and oxygen atoms in total. The van der Waals surface area contributed by atoms with Gasteiger partial charge in [0.25, 0.3) is 5.56 Å². The molecule has 0 amide bonds. The molecule has 3 heterocycles. The Bertz CT molecular complexity index is 1070. The van der Waals surface area contributed by atoms with Gasteiger partial charge in [-0.1, -0.05) is 12.1 Å². The Morgan fingerprint density at radius 3 is 2.57 bits per heavy atom. The first-order valence-electron chi connectivity index (χ1n) is 10.3. The smallest absolute Gasteiger partial charge is 0.263 e. The number of aromatic nitrogens is 4. The minimum Gasteiger partial charge on any atom is -0.497 e. The summed E-state index contributed by atoms with van der Waals surface area (Å²) in [6.45, 7) is 8.16. The van der Waals surface area contributed by atoms with Gasteiger partial charge in [0, 0.05) is 25.2 Å². The van der Waals surface area contributed by atoms with E-state index in [2.05, 4.69) is 32.5 Å². The highest BCUT2D eigenvalue weighted by atomic mass is 16.5. The maximum atomic E-state index is 12.6. The fourth-order valence-corrected chi connectivity index (χ4v) is 4.02. The second kappa shape index (κ2) is 7.75. The van der Waals surface area contributed by atoms with Crippen LogP contribution in [-0.2, 0) is 15.7 Å². The molecule has 1 fully saturated rings. The van der Waals surface area contributed by atoms with Crippen molar-refractivity contribution in [2.24, 2.45) is 0 Å². The van der Waals surface area contributed by atoms with E-state index in [1.54, 1.807) is 18.0 Å². The first-order valence-corrected chi connectivity index (χ1v) is 10.3. The van der Waals surface area contributed by atoms with Gasteiger partial charge in [0.2, 0.25) is 5.95 Å². The first-order chi connectivity index (χ1) is 14.3. The number of methoxy groups -OCH3 is 1. The molecular formula is C22H29N5O3. The number of benzene rings is 1. The standard InChI is InChI=1S/C22H29N5O3/c1-21(2,3)27-18-17(13-24-27)19(28)26-20(25-18)23-14-22(9-11-30-12-10-22)15-5-7-16(29-4)8-6-15/h5-8,13H,9-12,14H2,1-4H3,(H2,23,25,26,28). The molecule has 0 saturated carbocycles. The summed E-state index contributed by atoms with van der Waals surface area (Å²) in [5, 5.41) is 8.26. The number of fused-ring (bicyclic) bond motifs is 1. The fraction of sp³-hybridized carbons (Fsp3) is 0.500. The lowest BCUT2D eigenvalue weighted by Gasteiger charge is -2.38. The highest BCUT2D eigenvalue weighted by Crippen LogP contribution is 2.36. The Balaban J connectivity index is 1.65. The van der Waals surface area contributed by atoms with Crippen LogP contribution in [0, 0.1) is 0 Å². The maximum absolute atomic E-state index is 12.6. The second-order valence-corrected chi connectivity index (χ2v) is 8.85. The lowest BCUT2D eigenvalue weighted by molar-refractivity contribution is 0.0543. The molecule has 0 atom stereocenters. The van der Waals surface area contributed by atoms with Gasteiger partial charge in [0.05, 0.1) is 18.8 Å². The third-order valence-electron chi connectivity index (χ3n) is 5.82. The van der Waals surface area contributed by atoms with E-state index < -0.39 is 0 Å². The maximum Gasteiger partial charge on any atom is 0.263 e. The number of hydrogen-bond acceptors (Lipinski definition) is 6. The van der Waals surface area contributed by atoms with Crippen LogP contribution in [-0.4, -0.2) is 46.6 Å². The second-order valence-electron chi connectivity index (χ2n) is 8.85. The van der Waals surface area contributed by atoms with Crippen molar-refractivity contribution in [3.63, 3.8) is 0 Å². The van der Waals surface area contributed by atoms with E-state index in [1.165, 1.54) is 5.56 Å². The zero-order valence-electron chi connectivity index (χ0n) is 18.0. The SMILES string of the molecule is COc1ccc(C2(CNc3nc4c(cnn4C(C)(C)C)c(=O)[nH]3)CCOCC2)cc1. The Kier molecular flexibility index (Phi) is 5.27. The van der Waals surface area contributed by atoms with E-state index in [4.69, 9.17) is 9.47 Å². The van der Waals surface area contributed by atoms with Crippen LogP contribution in [0.1, 0.15) is 39.2 Å². The highest BCUT2D eigenvalue weighted by Gasteiger charge is 2.34. The van der Waals surface area contributed by atoms with Crippen LogP contribution in [0.4, 0.5) is 5.95 Å². The van der Waals surface area contributed by atoms with E-state index in [9.17, 15) is 4.79 Å². The lowest BCUT2D eigenvalue weighted by atomic mass is 9.74. The zero-order valence-corrected chi connectivity index (χ0v) is 18.0. The largest absolute Gasteiger partial charge is 0.497 e. The molecule has 160 valence electrons. The van der Waals surface area contributed by atoms with Gasteiger partial charge < -0.3 is 14.8 Å². The normalized spacial score (nSPS) is 16.5. The van der Waals surface area contributed by atoms with E-state index >= 15 is 0 Å². The van der Waals surface area contributed by atoms with Crippen molar-refractivity contribution in [2.75, 3.05) is 32.2 Å². The van der Waals surface area contributed by atoms with Gasteiger partial charge in [0.1, 0.15) is 11.1 Å². The van der Waals surface area contributed by atoms with E-state index in [0.717, 1.165) is 18.6 Å². The van der Waals surface area contributed by atoms with Crippen molar-refractivity contribution in [1.82, 2.24) is 19.7 Å². The summed E-state index contributed by atoms with van der Waals surface area (Å²) < 4.78 is 12.7. The average molecular weight is 412 g/mol. The summed E-state index contributed by atoms with van der Waals surface area (Å²) in [5.74, 6) is 1.29. The molecule has 1 aliphatic heterocycles. The Hall–Kier alpha value is -2.87. The fourth-order valence-electron chi connectivity index (χ4n) is 4.02. The van der Waals surface area contributed by atoms with Gasteiger partial charge >= 0.3 is 0 Å². The van der Waals surface area contributed by atoms with Gasteiger partial charge in [-0.3, -0.25) is 9.78 Å². The molecular weight excluding hydrogens is 382 g/mol. The predicted molar refractivity (Wildman–Crippen MR) is 116 cm³/mol. The van der Waals surface area contributed by atoms with Crippen molar-refractivity contribution < 1.29 is 9.47 Å². The minimum atomic E-state index is -0.273. The number of rotatable bonds is 5. The number of ether oxygens (including phenoxy) is 2. The topological polar surface area (TPSA) is 94.1 Å². The predicted octanol–water partition coefficient (Wildman–Crippen LogP) is 3.04. The van der Waals surface area contributed by atoms with Gasteiger partial charge in [-0.25, -0.2) is 4.68 Å². The molecule has 0 spiro atoms. The molecule has 8 heteroatoms. The van der Waals surface area contributed by atoms with Crippen LogP contribution in [0.5, 0.6) is 5.75 Å². The molecule has 1 aromatic carbocycles. The molecule has 0 unspecified atom stereocenters. The van der Waals surface area contributed by atoms with Crippen molar-refractivity contribution in [3.05, 3.63) is 46.4 Å². The van der Waals surface area contributed by atoms with Gasteiger partial charge in [-0.2, -0.15) is 10.1 Å². The molecule has 30 heavy (non-hydrogen) atoms. The molecule has 1 saturated heterocycles. The third kappa shape index (κ3) is 3.79. The Morgan fingerprint density at radius 1 is 1.23 bits per heavy atom. The van der Waals surface area contributed by atoms with Crippen LogP contribution < -0.4 is 15.6 Å². The molecule has 2 aromatic heterocycles. The molecule has 2 N–H and O–H groups in total. The number of H-pyrrole nitrogens is 1. The summed E-state index contributed by atoms with van der Waals surface area (Å²) in [5.41, 5.74) is 1.23. The number of hydrogen-bond donors (Lipinski definition) is 2. The lowest BCUT2D eigenvalue weighted by Crippen LogP contribution is -2.40. The van der Waals surface area contributed by atoms with Crippen LogP contribution in [0.25, 0.3) is 11.0 Å². The van der Waals surface area contributed by atoms with Crippen LogP contribution in [0.2, 0.25) is 0 Å². The first kappa shape index (κ1) is 20.4. The van der Waals surface area contributed by atoms with E-state index in [-0.39, 0.29) is 16.5 Å². The van der Waals surface area contributed by atoms with Crippen molar-refractivity contribution in [3.8, 4) is 5.75 Å². The van der Waals surface area contributed by atoms with Crippen LogP contribution >= 0.6 is 0 Å². The molecule has 0 aliphatic carbocycles. The number of nitrogens with zero attached hydrogens (tertiary/aromatic N) is 3. The van der Waals surface area contributed by atoms with E-state index in [1.807, 2.05) is 32.9 Å². The van der Waals surface area contributed by atoms with Crippen molar-refractivity contribution in [2.45, 2.75) is 44.6 Å². The van der Waals surface area contributed by atoms with Crippen LogP contribution in [0.15, 0.2) is 35.3 Å². The van der Waals surface area contributed by atoms with Gasteiger partial charge in [-0.05, 0) is 51.3 Å². The van der Waals surface area contributed by atoms with E-state index in [0.29, 0.717) is 36.7 Å². The van der Waals surface area contributed by atoms with Crippen LogP contribution in [0.3, 0.4) is 0 Å². The monoisotopic (exact) mass is 411 g/mol. The molecule has 1 aliphatic rings. The summed E-state index contributed by atoms with van der Waals surface area (Å²) in [7, 11) is 1.67. The average Bonchev–Trinajstić information content (AvgIpc) is 3.18. The summed E-state index contributed by atoms with van der Waals surface area (Å²) in [6.07, 6.45) is 3.35. The molecule has 0 bridgehead atoms. The van der Waals surface area contributed by atoms with Gasteiger partial charge in [-0.15, -0.1) is 0 Å². The zero-order chi connectivity index (χ0) is 21.4. The van der Waals surface area contributed by atoms with Gasteiger partial charge in [0.15, 0.2) is 5.65 Å². The number of aromatic amines is 1. The Morgan fingerprint density at radius 2 is 1.93 bits per heavy atom. The van der Waals surface area contributed by atoms with Crippen molar-refractivity contribution in [1.29, 1.82) is 0 Å². The summed E-state index contributed by atoms with van der Waals surface area (Å²) in [4.78, 5) is 20.1. The molecule has 0 radical (unpaired) electrons. The van der Waals surface area contributed by atoms with Crippen molar-refractivity contribution >= 4 is 17.0 Å². The molecule has 4 rings (SSSR count). The summed E-state index contributed by atoms with van der Waals surface area (Å²) in [6, 6.07) is 8.20. The minimum absolute atomic E-state index is 0.109. The highest BCUT2D eigenvalue weighted by molar-refractivity contribution is 5.74. The quantitative estimate of drug-likeness (QED) is 0.670. The number of nitrogens with one attached hydrogen (secondary N) is 2.